The van der Waals surface area contributed by atoms with Crippen molar-refractivity contribution in [2.75, 3.05) is 0 Å². The molecule has 1 aliphatic heterocycles. The Hall–Kier alpha value is -4.40. The Labute approximate surface area is 194 Å². The number of hydrogen-bond donors (Lipinski definition) is 5. The fraction of sp³-hybridized carbons (Fsp3) is 0.0870. The summed E-state index contributed by atoms with van der Waals surface area (Å²) in [5.41, 5.74) is 2.35. The molecule has 0 atom stereocenters. The van der Waals surface area contributed by atoms with Crippen molar-refractivity contribution in [2.45, 2.75) is 13.8 Å². The van der Waals surface area contributed by atoms with Crippen LogP contribution in [-0.4, -0.2) is 46.5 Å². The Bertz CT molecular complexity index is 1570. The van der Waals surface area contributed by atoms with Gasteiger partial charge in [0.2, 0.25) is 0 Å². The number of phenolic OH excluding ortho intramolecular Hbond substituents is 5. The van der Waals surface area contributed by atoms with Gasteiger partial charge in [0.1, 0.15) is 0 Å². The summed E-state index contributed by atoms with van der Waals surface area (Å²) in [6.07, 6.45) is 0. The quantitative estimate of drug-likeness (QED) is 0.129. The van der Waals surface area contributed by atoms with Gasteiger partial charge in [0.05, 0.1) is 0 Å². The molecule has 1 heterocycles. The van der Waals surface area contributed by atoms with E-state index in [9.17, 15) is 25.5 Å². The SMILES string of the molecule is [B]c1c(C)c(C)c2c3c(c4ccccc4c(-c4c(O)c(O)c(O)c(O)c4O)c13)ON=NOB=C2. The van der Waals surface area contributed by atoms with E-state index in [1.54, 1.807) is 30.2 Å². The molecule has 4 aromatic carbocycles. The van der Waals surface area contributed by atoms with Crippen LogP contribution in [0.25, 0.3) is 32.7 Å². The van der Waals surface area contributed by atoms with Crippen LogP contribution in [0.3, 0.4) is 0 Å². The van der Waals surface area contributed by atoms with Crippen LogP contribution in [0.1, 0.15) is 16.7 Å². The van der Waals surface area contributed by atoms with Crippen LogP contribution < -0.4 is 10.3 Å². The number of fused-ring (bicyclic) bond motifs is 2. The second-order valence-corrected chi connectivity index (χ2v) is 7.86. The van der Waals surface area contributed by atoms with Crippen molar-refractivity contribution in [2.24, 2.45) is 10.6 Å². The summed E-state index contributed by atoms with van der Waals surface area (Å²) in [6, 6.07) is 6.89. The van der Waals surface area contributed by atoms with Crippen molar-refractivity contribution in [3.63, 3.8) is 0 Å². The summed E-state index contributed by atoms with van der Waals surface area (Å²) in [4.78, 5) is 5.64. The Morgan fingerprint density at radius 1 is 0.765 bits per heavy atom. The normalized spacial score (nSPS) is 12.5. The van der Waals surface area contributed by atoms with Crippen LogP contribution in [0.5, 0.6) is 34.5 Å². The average molecular weight is 454 g/mol. The molecular formula is C23H16B2N2O7. The van der Waals surface area contributed by atoms with Crippen LogP contribution in [0, 0.1) is 13.8 Å². The van der Waals surface area contributed by atoms with Gasteiger partial charge in [0.15, 0.2) is 0 Å². The molecule has 0 aromatic heterocycles. The number of hydrogen-bond acceptors (Lipinski definition) is 9. The van der Waals surface area contributed by atoms with E-state index in [0.717, 1.165) is 5.56 Å². The Balaban J connectivity index is 2.16. The Morgan fingerprint density at radius 2 is 1.38 bits per heavy atom. The molecule has 1 aliphatic rings. The van der Waals surface area contributed by atoms with Gasteiger partial charge in [0, 0.05) is 0 Å². The zero-order chi connectivity index (χ0) is 24.3. The number of nitrogens with zero attached hydrogens (tertiary/aromatic N) is 2. The standard InChI is InChI=1S/C23H16B2N2O7/c1-8-9(2)17(24)15-13(16-18(28)20(30)22(32)21(31)19(16)29)10-5-3-4-6-11(10)23-14(15)12(8)7-25-34-27-26-33-23/h3-7,28-32H,1-2H3. The van der Waals surface area contributed by atoms with Crippen molar-refractivity contribution in [3.8, 4) is 45.6 Å². The molecule has 5 rings (SSSR count). The Morgan fingerprint density at radius 3 is 2.06 bits per heavy atom. The van der Waals surface area contributed by atoms with Crippen LogP contribution in [0.2, 0.25) is 0 Å². The van der Waals surface area contributed by atoms with Crippen LogP contribution in [-0.2, 0) is 4.76 Å². The molecule has 166 valence electrons. The first-order valence-electron chi connectivity index (χ1n) is 10.1. The molecule has 4 aromatic rings. The maximum atomic E-state index is 10.8. The molecule has 0 amide bonds. The van der Waals surface area contributed by atoms with Crippen LogP contribution in [0.4, 0.5) is 0 Å². The first-order chi connectivity index (χ1) is 16.3. The molecule has 2 radical (unpaired) electrons. The van der Waals surface area contributed by atoms with Crippen molar-refractivity contribution in [1.29, 1.82) is 0 Å². The molecule has 0 fully saturated rings. The van der Waals surface area contributed by atoms with Gasteiger partial charge in [0.25, 0.3) is 0 Å². The van der Waals surface area contributed by atoms with E-state index in [4.69, 9.17) is 17.4 Å². The number of rotatable bonds is 1. The first kappa shape index (κ1) is 21.4. The molecule has 0 saturated heterocycles. The van der Waals surface area contributed by atoms with E-state index in [-0.39, 0.29) is 11.1 Å². The summed E-state index contributed by atoms with van der Waals surface area (Å²) in [7, 11) is 7.92. The monoisotopic (exact) mass is 454 g/mol. The van der Waals surface area contributed by atoms with Gasteiger partial charge >= 0.3 is 194 Å². The van der Waals surface area contributed by atoms with Gasteiger partial charge in [-0.25, -0.2) is 0 Å². The predicted molar refractivity (Wildman–Crippen MR) is 128 cm³/mol. The summed E-state index contributed by atoms with van der Waals surface area (Å²) in [5.74, 6) is -2.77. The first-order valence-corrected chi connectivity index (χ1v) is 10.1. The molecule has 11 heteroatoms. The van der Waals surface area contributed by atoms with E-state index in [1.165, 1.54) is 7.12 Å². The summed E-state index contributed by atoms with van der Waals surface area (Å²) < 4.78 is 5.00. The molecule has 34 heavy (non-hydrogen) atoms. The van der Waals surface area contributed by atoms with Crippen LogP contribution in [0.15, 0.2) is 34.8 Å². The minimum absolute atomic E-state index is 0.200. The van der Waals surface area contributed by atoms with Crippen molar-refractivity contribution in [3.05, 3.63) is 41.0 Å². The van der Waals surface area contributed by atoms with Gasteiger partial charge in [-0.15, -0.1) is 0 Å². The van der Waals surface area contributed by atoms with Gasteiger partial charge in [-0.05, 0) is 0 Å². The molecular weight excluding hydrogens is 438 g/mol. The van der Waals surface area contributed by atoms with E-state index in [0.29, 0.717) is 43.9 Å². The Kier molecular flexibility index (Phi) is 4.78. The third-order valence-electron chi connectivity index (χ3n) is 6.21. The second-order valence-electron chi connectivity index (χ2n) is 7.86. The minimum atomic E-state index is -1.06. The third-order valence-corrected chi connectivity index (χ3v) is 6.21. The molecule has 9 nitrogen and oxygen atoms in total. The molecule has 0 aliphatic carbocycles. The van der Waals surface area contributed by atoms with Gasteiger partial charge < -0.3 is 0 Å². The summed E-state index contributed by atoms with van der Waals surface area (Å²) in [5, 5.41) is 61.0. The predicted octanol–water partition coefficient (Wildman–Crippen LogP) is 3.06. The summed E-state index contributed by atoms with van der Waals surface area (Å²) in [6.45, 7) is 3.67. The van der Waals surface area contributed by atoms with Gasteiger partial charge in [-0.3, -0.25) is 0 Å². The number of phenols is 5. The summed E-state index contributed by atoms with van der Waals surface area (Å²) >= 11 is 0. The van der Waals surface area contributed by atoms with Crippen molar-refractivity contribution in [1.82, 2.24) is 0 Å². The van der Waals surface area contributed by atoms with Gasteiger partial charge in [-0.1, -0.05) is 0 Å². The zero-order valence-corrected chi connectivity index (χ0v) is 18.0. The fourth-order valence-electron chi connectivity index (χ4n) is 4.40. The second kappa shape index (κ2) is 7.58. The topological polar surface area (TPSA) is 144 Å². The van der Waals surface area contributed by atoms with E-state index >= 15 is 0 Å². The molecule has 0 bridgehead atoms. The average Bonchev–Trinajstić information content (AvgIpc) is 2.95. The number of benzene rings is 4. The van der Waals surface area contributed by atoms with E-state index in [2.05, 4.69) is 10.6 Å². The van der Waals surface area contributed by atoms with Crippen LogP contribution >= 0.6 is 0 Å². The maximum absolute atomic E-state index is 10.8. The molecule has 5 N–H and O–H groups in total. The molecule has 0 unspecified atom stereocenters. The van der Waals surface area contributed by atoms with Crippen molar-refractivity contribution >= 4 is 47.9 Å². The molecule has 0 spiro atoms. The number of aromatic hydroxyl groups is 5. The fourth-order valence-corrected chi connectivity index (χ4v) is 4.40. The van der Waals surface area contributed by atoms with E-state index in [1.807, 2.05) is 13.8 Å². The molecule has 0 saturated carbocycles. The van der Waals surface area contributed by atoms with Crippen molar-refractivity contribution < 1.29 is 35.1 Å². The van der Waals surface area contributed by atoms with Gasteiger partial charge in [-0.2, -0.15) is 0 Å². The zero-order valence-electron chi connectivity index (χ0n) is 18.0. The third kappa shape index (κ3) is 2.79. The van der Waals surface area contributed by atoms with E-state index < -0.39 is 28.7 Å².